The van der Waals surface area contributed by atoms with E-state index in [2.05, 4.69) is 5.32 Å². The predicted octanol–water partition coefficient (Wildman–Crippen LogP) is 4.62. The molecule has 0 aliphatic rings. The first-order valence-corrected chi connectivity index (χ1v) is 13.8. The third-order valence-corrected chi connectivity index (χ3v) is 7.21. The highest BCUT2D eigenvalue weighted by Gasteiger charge is 2.31. The van der Waals surface area contributed by atoms with Gasteiger partial charge in [0.1, 0.15) is 18.4 Å². The Morgan fingerprint density at radius 3 is 2.37 bits per heavy atom. The molecule has 2 amide bonds. The Hall–Kier alpha value is -2.36. The Kier molecular flexibility index (Phi) is 10.8. The van der Waals surface area contributed by atoms with E-state index in [9.17, 15) is 22.4 Å². The molecule has 0 aliphatic heterocycles. The third-order valence-electron chi connectivity index (χ3n) is 5.33. The zero-order chi connectivity index (χ0) is 26.2. The third kappa shape index (κ3) is 8.37. The van der Waals surface area contributed by atoms with Crippen molar-refractivity contribution in [2.75, 3.05) is 23.7 Å². The molecule has 2 rings (SSSR count). The Balaban J connectivity index is 2.42. The van der Waals surface area contributed by atoms with E-state index in [0.29, 0.717) is 23.6 Å². The molecule has 0 saturated heterocycles. The molecule has 0 unspecified atom stereocenters. The molecular formula is C24H30Cl2FN3O4S. The summed E-state index contributed by atoms with van der Waals surface area (Å²) in [7, 11) is -3.94. The zero-order valence-corrected chi connectivity index (χ0v) is 22.3. The van der Waals surface area contributed by atoms with Crippen molar-refractivity contribution in [3.05, 3.63) is 63.9 Å². The molecule has 0 bridgehead atoms. The number of unbranched alkanes of at least 4 members (excludes halogenated alkanes) is 1. The number of benzene rings is 2. The molecule has 2 aromatic rings. The molecule has 192 valence electrons. The van der Waals surface area contributed by atoms with Gasteiger partial charge in [-0.15, -0.1) is 0 Å². The first-order valence-electron chi connectivity index (χ1n) is 11.2. The summed E-state index contributed by atoms with van der Waals surface area (Å²) in [6, 6.07) is 8.96. The maximum Gasteiger partial charge on any atom is 0.244 e. The van der Waals surface area contributed by atoms with Crippen LogP contribution in [0.15, 0.2) is 42.5 Å². The van der Waals surface area contributed by atoms with E-state index in [0.717, 1.165) is 29.5 Å². The summed E-state index contributed by atoms with van der Waals surface area (Å²) in [6.07, 6.45) is 2.90. The van der Waals surface area contributed by atoms with Gasteiger partial charge < -0.3 is 10.2 Å². The lowest BCUT2D eigenvalue weighted by atomic mass is 10.1. The second kappa shape index (κ2) is 13.1. The first kappa shape index (κ1) is 28.9. The van der Waals surface area contributed by atoms with Gasteiger partial charge >= 0.3 is 0 Å². The van der Waals surface area contributed by atoms with Crippen molar-refractivity contribution >= 4 is 50.7 Å². The van der Waals surface area contributed by atoms with Gasteiger partial charge in [0.05, 0.1) is 22.0 Å². The maximum atomic E-state index is 13.8. The van der Waals surface area contributed by atoms with Gasteiger partial charge in [0.25, 0.3) is 0 Å². The SMILES string of the molecule is CCCCNC(=O)[C@@H](CC)N(Cc1ccc(Cl)c(Cl)c1)C(=O)CN(c1cccc(F)c1)S(C)(=O)=O. The number of carbonyl (C=O) groups is 2. The summed E-state index contributed by atoms with van der Waals surface area (Å²) in [5.74, 6) is -1.60. The Labute approximate surface area is 216 Å². The number of sulfonamides is 1. The second-order valence-electron chi connectivity index (χ2n) is 8.09. The largest absolute Gasteiger partial charge is 0.354 e. The van der Waals surface area contributed by atoms with E-state index in [1.165, 1.54) is 23.1 Å². The molecule has 0 heterocycles. The lowest BCUT2D eigenvalue weighted by Gasteiger charge is -2.33. The summed E-state index contributed by atoms with van der Waals surface area (Å²) in [6.45, 7) is 3.60. The summed E-state index contributed by atoms with van der Waals surface area (Å²) >= 11 is 12.1. The minimum atomic E-state index is -3.94. The average Bonchev–Trinajstić information content (AvgIpc) is 2.79. The molecule has 7 nitrogen and oxygen atoms in total. The van der Waals surface area contributed by atoms with Crippen LogP contribution in [0, 0.1) is 5.82 Å². The maximum absolute atomic E-state index is 13.8. The van der Waals surface area contributed by atoms with Crippen LogP contribution in [-0.4, -0.2) is 50.5 Å². The van der Waals surface area contributed by atoms with Crippen LogP contribution in [0.4, 0.5) is 10.1 Å². The van der Waals surface area contributed by atoms with Crippen molar-refractivity contribution in [2.24, 2.45) is 0 Å². The number of anilines is 1. The minimum Gasteiger partial charge on any atom is -0.354 e. The van der Waals surface area contributed by atoms with E-state index in [1.807, 2.05) is 6.92 Å². The number of nitrogens with zero attached hydrogens (tertiary/aromatic N) is 2. The van der Waals surface area contributed by atoms with Gasteiger partial charge in [-0.1, -0.05) is 55.6 Å². The minimum absolute atomic E-state index is 0.00379. The van der Waals surface area contributed by atoms with E-state index >= 15 is 0 Å². The average molecular weight is 546 g/mol. The van der Waals surface area contributed by atoms with E-state index in [1.54, 1.807) is 25.1 Å². The van der Waals surface area contributed by atoms with Gasteiger partial charge in [0.15, 0.2) is 0 Å². The van der Waals surface area contributed by atoms with E-state index < -0.39 is 34.3 Å². The molecule has 2 aromatic carbocycles. The molecule has 0 saturated carbocycles. The highest BCUT2D eigenvalue weighted by molar-refractivity contribution is 7.92. The number of hydrogen-bond donors (Lipinski definition) is 1. The number of carbonyl (C=O) groups excluding carboxylic acids is 2. The summed E-state index contributed by atoms with van der Waals surface area (Å²) in [5.41, 5.74) is 0.625. The van der Waals surface area contributed by atoms with Crippen LogP contribution in [-0.2, 0) is 26.2 Å². The van der Waals surface area contributed by atoms with Gasteiger partial charge in [-0.05, 0) is 48.7 Å². The van der Waals surface area contributed by atoms with Crippen molar-refractivity contribution in [3.63, 3.8) is 0 Å². The fourth-order valence-electron chi connectivity index (χ4n) is 3.51. The fraction of sp³-hybridized carbons (Fsp3) is 0.417. The van der Waals surface area contributed by atoms with Gasteiger partial charge in [0.2, 0.25) is 21.8 Å². The number of amides is 2. The highest BCUT2D eigenvalue weighted by atomic mass is 35.5. The first-order chi connectivity index (χ1) is 16.5. The van der Waals surface area contributed by atoms with Crippen LogP contribution in [0.25, 0.3) is 0 Å². The van der Waals surface area contributed by atoms with Crippen LogP contribution in [0.3, 0.4) is 0 Å². The standard InChI is InChI=1S/C24H30Cl2FN3O4S/c1-4-6-12-28-24(32)22(5-2)29(15-17-10-11-20(25)21(26)13-17)23(31)16-30(35(3,33)34)19-9-7-8-18(27)14-19/h7-11,13-14,22H,4-6,12,15-16H2,1-3H3,(H,28,32)/t22-/m1/s1. The van der Waals surface area contributed by atoms with Crippen LogP contribution in [0.2, 0.25) is 10.0 Å². The van der Waals surface area contributed by atoms with Crippen LogP contribution in [0.5, 0.6) is 0 Å². The Bertz CT molecular complexity index is 1150. The molecule has 0 radical (unpaired) electrons. The van der Waals surface area contributed by atoms with Crippen molar-refractivity contribution in [1.29, 1.82) is 0 Å². The fourth-order valence-corrected chi connectivity index (χ4v) is 4.67. The molecule has 0 aromatic heterocycles. The number of nitrogens with one attached hydrogen (secondary N) is 1. The van der Waals surface area contributed by atoms with E-state index in [-0.39, 0.29) is 23.2 Å². The Morgan fingerprint density at radius 1 is 1.09 bits per heavy atom. The lowest BCUT2D eigenvalue weighted by molar-refractivity contribution is -0.140. The van der Waals surface area contributed by atoms with Gasteiger partial charge in [0, 0.05) is 13.1 Å². The predicted molar refractivity (Wildman–Crippen MR) is 138 cm³/mol. The van der Waals surface area contributed by atoms with Crippen LogP contribution in [0.1, 0.15) is 38.7 Å². The Morgan fingerprint density at radius 2 is 1.80 bits per heavy atom. The van der Waals surface area contributed by atoms with Gasteiger partial charge in [-0.2, -0.15) is 0 Å². The van der Waals surface area contributed by atoms with E-state index in [4.69, 9.17) is 23.2 Å². The molecule has 1 N–H and O–H groups in total. The van der Waals surface area contributed by atoms with Crippen molar-refractivity contribution in [3.8, 4) is 0 Å². The molecule has 0 aliphatic carbocycles. The summed E-state index contributed by atoms with van der Waals surface area (Å²) in [4.78, 5) is 27.8. The molecular weight excluding hydrogens is 516 g/mol. The van der Waals surface area contributed by atoms with Crippen molar-refractivity contribution < 1.29 is 22.4 Å². The molecule has 1 atom stereocenters. The van der Waals surface area contributed by atoms with Gasteiger partial charge in [-0.25, -0.2) is 12.8 Å². The quantitative estimate of drug-likeness (QED) is 0.394. The smallest absolute Gasteiger partial charge is 0.244 e. The monoisotopic (exact) mass is 545 g/mol. The molecule has 0 fully saturated rings. The van der Waals surface area contributed by atoms with Crippen LogP contribution >= 0.6 is 23.2 Å². The zero-order valence-electron chi connectivity index (χ0n) is 19.9. The summed E-state index contributed by atoms with van der Waals surface area (Å²) in [5, 5.41) is 3.46. The molecule has 11 heteroatoms. The number of rotatable bonds is 12. The molecule has 0 spiro atoms. The van der Waals surface area contributed by atoms with Crippen LogP contribution < -0.4 is 9.62 Å². The molecule has 35 heavy (non-hydrogen) atoms. The number of halogens is 3. The topological polar surface area (TPSA) is 86.8 Å². The van der Waals surface area contributed by atoms with Crippen molar-refractivity contribution in [1.82, 2.24) is 10.2 Å². The van der Waals surface area contributed by atoms with Crippen molar-refractivity contribution in [2.45, 2.75) is 45.7 Å². The lowest BCUT2D eigenvalue weighted by Crippen LogP contribution is -2.52. The second-order valence-corrected chi connectivity index (χ2v) is 10.8. The highest BCUT2D eigenvalue weighted by Crippen LogP contribution is 2.25. The number of hydrogen-bond acceptors (Lipinski definition) is 4. The normalized spacial score (nSPS) is 12.2. The van der Waals surface area contributed by atoms with Gasteiger partial charge in [-0.3, -0.25) is 13.9 Å². The summed E-state index contributed by atoms with van der Waals surface area (Å²) < 4.78 is 39.7.